The predicted molar refractivity (Wildman–Crippen MR) is 73.7 cm³/mol. The number of likely N-dealkylation sites (tertiary alicyclic amines) is 1. The molecule has 1 aliphatic carbocycles. The van der Waals surface area contributed by atoms with E-state index in [1.165, 1.54) is 12.0 Å². The van der Waals surface area contributed by atoms with Gasteiger partial charge in [-0.15, -0.1) is 0 Å². The van der Waals surface area contributed by atoms with Crippen LogP contribution in [0.2, 0.25) is 0 Å². The highest BCUT2D eigenvalue weighted by atomic mass is 16.5. The van der Waals surface area contributed by atoms with Crippen molar-refractivity contribution < 1.29 is 24.2 Å². The van der Waals surface area contributed by atoms with Gasteiger partial charge in [0.05, 0.1) is 7.11 Å². The molecule has 7 heteroatoms. The molecular formula is C14H22N2O5. The molecule has 0 aromatic carbocycles. The number of methoxy groups -OCH3 is 1. The Morgan fingerprint density at radius 3 is 2.43 bits per heavy atom. The van der Waals surface area contributed by atoms with Crippen molar-refractivity contribution in [3.8, 4) is 0 Å². The summed E-state index contributed by atoms with van der Waals surface area (Å²) < 4.78 is 4.70. The van der Waals surface area contributed by atoms with Gasteiger partial charge in [0.15, 0.2) is 0 Å². The van der Waals surface area contributed by atoms with Crippen LogP contribution in [0, 0.1) is 0 Å². The van der Waals surface area contributed by atoms with Crippen LogP contribution >= 0.6 is 0 Å². The molecule has 1 unspecified atom stereocenters. The molecule has 2 amide bonds. The predicted octanol–water partition coefficient (Wildman–Crippen LogP) is 1.12. The summed E-state index contributed by atoms with van der Waals surface area (Å²) in [5, 5.41) is 12.1. The Kier molecular flexibility index (Phi) is 4.69. The molecule has 1 saturated heterocycles. The average Bonchev–Trinajstić information content (AvgIpc) is 2.96. The maximum atomic E-state index is 12.4. The van der Waals surface area contributed by atoms with E-state index in [1.54, 1.807) is 0 Å². The van der Waals surface area contributed by atoms with Gasteiger partial charge in [-0.25, -0.2) is 14.4 Å². The number of nitrogens with one attached hydrogen (secondary N) is 1. The lowest BCUT2D eigenvalue weighted by molar-refractivity contribution is -0.146. The lowest BCUT2D eigenvalue weighted by Crippen LogP contribution is -2.60. The second-order valence-electron chi connectivity index (χ2n) is 5.75. The van der Waals surface area contributed by atoms with Crippen molar-refractivity contribution in [1.82, 2.24) is 10.2 Å². The van der Waals surface area contributed by atoms with Crippen LogP contribution in [0.3, 0.4) is 0 Å². The zero-order valence-corrected chi connectivity index (χ0v) is 12.3. The first-order valence-electron chi connectivity index (χ1n) is 7.40. The number of ether oxygens (including phenoxy) is 1. The van der Waals surface area contributed by atoms with E-state index in [0.29, 0.717) is 32.2 Å². The summed E-state index contributed by atoms with van der Waals surface area (Å²) in [5.74, 6) is -1.44. The Hall–Kier alpha value is -1.79. The van der Waals surface area contributed by atoms with Gasteiger partial charge >= 0.3 is 18.0 Å². The number of carboxylic acid groups (broad SMARTS) is 1. The Balaban J connectivity index is 2.08. The van der Waals surface area contributed by atoms with Gasteiger partial charge in [-0.3, -0.25) is 0 Å². The normalized spacial score (nSPS) is 24.4. The minimum atomic E-state index is -1.20. The van der Waals surface area contributed by atoms with Crippen LogP contribution < -0.4 is 5.32 Å². The quantitative estimate of drug-likeness (QED) is 0.761. The minimum Gasteiger partial charge on any atom is -0.480 e. The number of carbonyl (C=O) groups excluding carboxylic acids is 2. The number of aliphatic carboxylic acids is 1. The van der Waals surface area contributed by atoms with Crippen molar-refractivity contribution in [3.05, 3.63) is 0 Å². The fourth-order valence-electron chi connectivity index (χ4n) is 3.22. The highest BCUT2D eigenvalue weighted by Crippen LogP contribution is 2.29. The Bertz CT molecular complexity index is 431. The van der Waals surface area contributed by atoms with Gasteiger partial charge in [0, 0.05) is 6.54 Å². The first-order chi connectivity index (χ1) is 10.00. The highest BCUT2D eigenvalue weighted by molar-refractivity contribution is 5.89. The summed E-state index contributed by atoms with van der Waals surface area (Å²) in [6.07, 6.45) is 4.70. The Morgan fingerprint density at radius 2 is 1.86 bits per heavy atom. The molecule has 1 saturated carbocycles. The third-order valence-electron chi connectivity index (χ3n) is 4.45. The molecular weight excluding hydrogens is 276 g/mol. The molecule has 7 nitrogen and oxygen atoms in total. The van der Waals surface area contributed by atoms with Crippen molar-refractivity contribution in [2.24, 2.45) is 0 Å². The monoisotopic (exact) mass is 298 g/mol. The highest BCUT2D eigenvalue weighted by Gasteiger charge is 2.44. The van der Waals surface area contributed by atoms with Crippen LogP contribution in [-0.4, -0.2) is 53.2 Å². The second kappa shape index (κ2) is 6.32. The van der Waals surface area contributed by atoms with Crippen LogP contribution in [0.1, 0.15) is 44.9 Å². The molecule has 0 bridgehead atoms. The topological polar surface area (TPSA) is 95.9 Å². The molecule has 0 spiro atoms. The summed E-state index contributed by atoms with van der Waals surface area (Å²) in [7, 11) is 1.29. The largest absolute Gasteiger partial charge is 0.480 e. The van der Waals surface area contributed by atoms with E-state index in [2.05, 4.69) is 5.32 Å². The first kappa shape index (κ1) is 15.6. The van der Waals surface area contributed by atoms with E-state index in [1.807, 2.05) is 0 Å². The number of rotatable bonds is 3. The summed E-state index contributed by atoms with van der Waals surface area (Å²) in [4.78, 5) is 37.0. The maximum Gasteiger partial charge on any atom is 0.329 e. The number of urea groups is 1. The number of nitrogens with zero attached hydrogens (tertiary/aromatic N) is 1. The van der Waals surface area contributed by atoms with Crippen molar-refractivity contribution in [1.29, 1.82) is 0 Å². The summed E-state index contributed by atoms with van der Waals surface area (Å²) >= 11 is 0. The maximum absolute atomic E-state index is 12.4. The zero-order valence-electron chi connectivity index (χ0n) is 12.3. The van der Waals surface area contributed by atoms with E-state index in [-0.39, 0.29) is 0 Å². The molecule has 1 atom stereocenters. The fraction of sp³-hybridized carbons (Fsp3) is 0.786. The zero-order chi connectivity index (χ0) is 15.5. The third-order valence-corrected chi connectivity index (χ3v) is 4.45. The van der Waals surface area contributed by atoms with Crippen LogP contribution in [0.25, 0.3) is 0 Å². The van der Waals surface area contributed by atoms with Gasteiger partial charge < -0.3 is 20.1 Å². The first-order valence-corrected chi connectivity index (χ1v) is 7.40. The number of carbonyl (C=O) groups is 3. The van der Waals surface area contributed by atoms with Gasteiger partial charge in [-0.1, -0.05) is 19.3 Å². The smallest absolute Gasteiger partial charge is 0.329 e. The molecule has 0 aromatic rings. The number of hydrogen-bond donors (Lipinski definition) is 2. The number of esters is 1. The average molecular weight is 298 g/mol. The minimum absolute atomic E-state index is 0.435. The Labute approximate surface area is 123 Å². The molecule has 21 heavy (non-hydrogen) atoms. The van der Waals surface area contributed by atoms with Crippen molar-refractivity contribution in [3.63, 3.8) is 0 Å². The van der Waals surface area contributed by atoms with Gasteiger partial charge in [-0.2, -0.15) is 0 Å². The van der Waals surface area contributed by atoms with E-state index in [0.717, 1.165) is 19.3 Å². The molecule has 2 fully saturated rings. The fourth-order valence-corrected chi connectivity index (χ4v) is 3.22. The summed E-state index contributed by atoms with van der Waals surface area (Å²) in [5.41, 5.74) is -1.20. The summed E-state index contributed by atoms with van der Waals surface area (Å²) in [6.45, 7) is 0.446. The van der Waals surface area contributed by atoms with E-state index >= 15 is 0 Å². The lowest BCUT2D eigenvalue weighted by Gasteiger charge is -2.36. The van der Waals surface area contributed by atoms with Gasteiger partial charge in [-0.05, 0) is 25.7 Å². The van der Waals surface area contributed by atoms with E-state index in [9.17, 15) is 19.5 Å². The van der Waals surface area contributed by atoms with Crippen LogP contribution in [0.5, 0.6) is 0 Å². The molecule has 118 valence electrons. The van der Waals surface area contributed by atoms with Crippen molar-refractivity contribution in [2.75, 3.05) is 13.7 Å². The molecule has 2 aliphatic rings. The van der Waals surface area contributed by atoms with E-state index in [4.69, 9.17) is 4.74 Å². The van der Waals surface area contributed by atoms with Crippen LogP contribution in [0.15, 0.2) is 0 Å². The SMILES string of the molecule is COC(=O)C1CCCN1C(=O)NC1(C(=O)O)CCCCC1. The molecule has 1 aliphatic heterocycles. The van der Waals surface area contributed by atoms with Crippen LogP contribution in [-0.2, 0) is 14.3 Å². The van der Waals surface area contributed by atoms with Crippen LogP contribution in [0.4, 0.5) is 4.79 Å². The summed E-state index contributed by atoms with van der Waals surface area (Å²) in [6, 6.07) is -1.09. The number of hydrogen-bond acceptors (Lipinski definition) is 4. The Morgan fingerprint density at radius 1 is 1.19 bits per heavy atom. The van der Waals surface area contributed by atoms with Gasteiger partial charge in [0.25, 0.3) is 0 Å². The van der Waals surface area contributed by atoms with E-state index < -0.39 is 29.6 Å². The molecule has 1 heterocycles. The standard InChI is InChI=1S/C14H22N2O5/c1-21-11(17)10-6-5-9-16(10)13(20)15-14(12(18)19)7-3-2-4-8-14/h10H,2-9H2,1H3,(H,15,20)(H,18,19). The van der Waals surface area contributed by atoms with Gasteiger partial charge in [0.1, 0.15) is 11.6 Å². The molecule has 0 radical (unpaired) electrons. The third kappa shape index (κ3) is 3.11. The van der Waals surface area contributed by atoms with Crippen molar-refractivity contribution in [2.45, 2.75) is 56.5 Å². The lowest BCUT2D eigenvalue weighted by atomic mass is 9.82. The molecule has 2 rings (SSSR count). The number of carboxylic acids is 1. The molecule has 2 N–H and O–H groups in total. The number of amides is 2. The van der Waals surface area contributed by atoms with Gasteiger partial charge in [0.2, 0.25) is 0 Å². The molecule has 0 aromatic heterocycles. The van der Waals surface area contributed by atoms with Crippen molar-refractivity contribution >= 4 is 18.0 Å². The second-order valence-corrected chi connectivity index (χ2v) is 5.75.